The molecule has 0 radical (unpaired) electrons. The summed E-state index contributed by atoms with van der Waals surface area (Å²) >= 11 is 0. The molecule has 0 unspecified atom stereocenters. The van der Waals surface area contributed by atoms with Crippen LogP contribution in [0.15, 0.2) is 23.2 Å². The van der Waals surface area contributed by atoms with Gasteiger partial charge in [-0.2, -0.15) is 0 Å². The number of aliphatic hydroxyl groups is 1. The molecular formula is C9H9F2NO. The molecule has 0 atom stereocenters. The van der Waals surface area contributed by atoms with Crippen molar-refractivity contribution in [2.24, 2.45) is 4.99 Å². The fourth-order valence-electron chi connectivity index (χ4n) is 0.974. The van der Waals surface area contributed by atoms with Gasteiger partial charge in [0.1, 0.15) is 18.4 Å². The minimum absolute atomic E-state index is 0.204. The standard InChI is InChI=1S/C9H9F2NO/c1-6(12-5-13)8-3-2-7(10)4-9(8)11/h2-4,13H,5H2,1H3/b12-6+. The zero-order chi connectivity index (χ0) is 9.84. The molecule has 0 amide bonds. The van der Waals surface area contributed by atoms with Gasteiger partial charge in [-0.3, -0.25) is 4.99 Å². The Morgan fingerprint density at radius 2 is 2.15 bits per heavy atom. The Bertz CT molecular complexity index is 336. The molecule has 4 heteroatoms. The molecular weight excluding hydrogens is 176 g/mol. The molecule has 1 aromatic carbocycles. The Kier molecular flexibility index (Phi) is 3.08. The second-order valence-corrected chi connectivity index (χ2v) is 2.51. The predicted octanol–water partition coefficient (Wildman–Crippen LogP) is 1.72. The number of halogens is 2. The van der Waals surface area contributed by atoms with Gasteiger partial charge < -0.3 is 5.11 Å². The molecule has 0 aromatic heterocycles. The van der Waals surface area contributed by atoms with Crippen LogP contribution in [0, 0.1) is 11.6 Å². The van der Waals surface area contributed by atoms with Crippen molar-refractivity contribution < 1.29 is 13.9 Å². The molecule has 2 nitrogen and oxygen atoms in total. The van der Waals surface area contributed by atoms with Gasteiger partial charge in [-0.25, -0.2) is 8.78 Å². The van der Waals surface area contributed by atoms with Crippen LogP contribution < -0.4 is 0 Å². The van der Waals surface area contributed by atoms with E-state index in [0.29, 0.717) is 5.71 Å². The predicted molar refractivity (Wildman–Crippen MR) is 45.7 cm³/mol. The molecule has 0 saturated carbocycles. The van der Waals surface area contributed by atoms with E-state index in [0.717, 1.165) is 12.1 Å². The Labute approximate surface area is 74.5 Å². The van der Waals surface area contributed by atoms with Gasteiger partial charge in [0.25, 0.3) is 0 Å². The highest BCUT2D eigenvalue weighted by atomic mass is 19.1. The molecule has 0 aliphatic rings. The Hall–Kier alpha value is -1.29. The summed E-state index contributed by atoms with van der Waals surface area (Å²) in [4.78, 5) is 3.60. The van der Waals surface area contributed by atoms with Crippen LogP contribution in [0.1, 0.15) is 12.5 Å². The number of benzene rings is 1. The first-order chi connectivity index (χ1) is 6.15. The quantitative estimate of drug-likeness (QED) is 0.699. The summed E-state index contributed by atoms with van der Waals surface area (Å²) in [5.74, 6) is -1.30. The van der Waals surface area contributed by atoms with Gasteiger partial charge in [0, 0.05) is 17.3 Å². The molecule has 0 spiro atoms. The maximum atomic E-state index is 13.0. The van der Waals surface area contributed by atoms with E-state index in [1.54, 1.807) is 6.92 Å². The van der Waals surface area contributed by atoms with Crippen molar-refractivity contribution in [3.8, 4) is 0 Å². The normalized spacial score (nSPS) is 11.8. The molecule has 1 rings (SSSR count). The van der Waals surface area contributed by atoms with Crippen molar-refractivity contribution in [1.82, 2.24) is 0 Å². The lowest BCUT2D eigenvalue weighted by atomic mass is 10.1. The van der Waals surface area contributed by atoms with Crippen LogP contribution in [0.4, 0.5) is 8.78 Å². The third kappa shape index (κ3) is 2.32. The summed E-state index contributed by atoms with van der Waals surface area (Å²) in [7, 11) is 0. The number of rotatable bonds is 2. The molecule has 0 fully saturated rings. The first-order valence-corrected chi connectivity index (χ1v) is 3.72. The van der Waals surface area contributed by atoms with Crippen LogP contribution in [-0.4, -0.2) is 17.5 Å². The molecule has 13 heavy (non-hydrogen) atoms. The van der Waals surface area contributed by atoms with Gasteiger partial charge in [-0.1, -0.05) is 0 Å². The Morgan fingerprint density at radius 1 is 1.46 bits per heavy atom. The fourth-order valence-corrected chi connectivity index (χ4v) is 0.974. The van der Waals surface area contributed by atoms with Crippen molar-refractivity contribution in [2.75, 3.05) is 6.73 Å². The van der Waals surface area contributed by atoms with Crippen LogP contribution in [0.2, 0.25) is 0 Å². The minimum atomic E-state index is -0.672. The molecule has 1 N–H and O–H groups in total. The van der Waals surface area contributed by atoms with Gasteiger partial charge in [0.2, 0.25) is 0 Å². The van der Waals surface area contributed by atoms with Gasteiger partial charge in [0.05, 0.1) is 0 Å². The maximum absolute atomic E-state index is 13.0. The molecule has 0 bridgehead atoms. The zero-order valence-electron chi connectivity index (χ0n) is 7.09. The van der Waals surface area contributed by atoms with Crippen molar-refractivity contribution in [3.63, 3.8) is 0 Å². The van der Waals surface area contributed by atoms with Gasteiger partial charge in [-0.05, 0) is 19.1 Å². The number of aliphatic imine (C=N–C) groups is 1. The number of aliphatic hydroxyl groups excluding tert-OH is 1. The lowest BCUT2D eigenvalue weighted by Gasteiger charge is -2.01. The summed E-state index contributed by atoms with van der Waals surface area (Å²) in [5, 5.41) is 8.46. The number of hydrogen-bond acceptors (Lipinski definition) is 2. The summed E-state index contributed by atoms with van der Waals surface area (Å²) < 4.78 is 25.5. The molecule has 0 aliphatic heterocycles. The van der Waals surface area contributed by atoms with Crippen LogP contribution in [0.5, 0.6) is 0 Å². The lowest BCUT2D eigenvalue weighted by Crippen LogP contribution is -2.00. The van der Waals surface area contributed by atoms with E-state index < -0.39 is 18.4 Å². The fraction of sp³-hybridized carbons (Fsp3) is 0.222. The van der Waals surface area contributed by atoms with Crippen LogP contribution >= 0.6 is 0 Å². The minimum Gasteiger partial charge on any atom is -0.375 e. The maximum Gasteiger partial charge on any atom is 0.135 e. The molecule has 70 valence electrons. The van der Waals surface area contributed by atoms with Crippen molar-refractivity contribution in [3.05, 3.63) is 35.4 Å². The topological polar surface area (TPSA) is 32.6 Å². The first kappa shape index (κ1) is 9.80. The molecule has 0 heterocycles. The first-order valence-electron chi connectivity index (χ1n) is 3.72. The average Bonchev–Trinajstić information content (AvgIpc) is 2.04. The second kappa shape index (κ2) is 4.09. The summed E-state index contributed by atoms with van der Waals surface area (Å²) in [6, 6.07) is 3.22. The van der Waals surface area contributed by atoms with E-state index >= 15 is 0 Å². The molecule has 0 saturated heterocycles. The van der Waals surface area contributed by atoms with Crippen molar-refractivity contribution in [1.29, 1.82) is 0 Å². The zero-order valence-corrected chi connectivity index (χ0v) is 7.09. The molecule has 0 aliphatic carbocycles. The highest BCUT2D eigenvalue weighted by molar-refractivity contribution is 5.98. The van der Waals surface area contributed by atoms with E-state index in [-0.39, 0.29) is 5.56 Å². The van der Waals surface area contributed by atoms with Crippen LogP contribution in [-0.2, 0) is 0 Å². The average molecular weight is 185 g/mol. The Balaban J connectivity index is 3.09. The third-order valence-electron chi connectivity index (χ3n) is 1.63. The Morgan fingerprint density at radius 3 is 2.69 bits per heavy atom. The van der Waals surface area contributed by atoms with E-state index in [1.807, 2.05) is 0 Å². The summed E-state index contributed by atoms with van der Waals surface area (Å²) in [6.45, 7) is 1.15. The summed E-state index contributed by atoms with van der Waals surface area (Å²) in [6.07, 6.45) is 0. The van der Waals surface area contributed by atoms with Crippen molar-refractivity contribution in [2.45, 2.75) is 6.92 Å². The van der Waals surface area contributed by atoms with Crippen LogP contribution in [0.3, 0.4) is 0 Å². The summed E-state index contributed by atoms with van der Waals surface area (Å²) in [5.41, 5.74) is 0.551. The second-order valence-electron chi connectivity index (χ2n) is 2.51. The SMILES string of the molecule is C/C(=N\CO)c1ccc(F)cc1F. The highest BCUT2D eigenvalue weighted by Crippen LogP contribution is 2.10. The number of hydrogen-bond donors (Lipinski definition) is 1. The lowest BCUT2D eigenvalue weighted by molar-refractivity contribution is 0.309. The van der Waals surface area contributed by atoms with E-state index in [9.17, 15) is 8.78 Å². The van der Waals surface area contributed by atoms with Gasteiger partial charge in [0.15, 0.2) is 0 Å². The largest absolute Gasteiger partial charge is 0.375 e. The van der Waals surface area contributed by atoms with E-state index in [4.69, 9.17) is 5.11 Å². The molecule has 1 aromatic rings. The van der Waals surface area contributed by atoms with E-state index in [2.05, 4.69) is 4.99 Å². The van der Waals surface area contributed by atoms with Gasteiger partial charge >= 0.3 is 0 Å². The van der Waals surface area contributed by atoms with E-state index in [1.165, 1.54) is 6.07 Å². The highest BCUT2D eigenvalue weighted by Gasteiger charge is 2.05. The monoisotopic (exact) mass is 185 g/mol. The number of nitrogens with zero attached hydrogens (tertiary/aromatic N) is 1. The van der Waals surface area contributed by atoms with Gasteiger partial charge in [-0.15, -0.1) is 0 Å². The van der Waals surface area contributed by atoms with Crippen molar-refractivity contribution >= 4 is 5.71 Å². The van der Waals surface area contributed by atoms with Crippen LogP contribution in [0.25, 0.3) is 0 Å². The third-order valence-corrected chi connectivity index (χ3v) is 1.63. The smallest absolute Gasteiger partial charge is 0.135 e.